The summed E-state index contributed by atoms with van der Waals surface area (Å²) in [5.41, 5.74) is 0.699. The number of unbranched alkanes of at least 4 members (excludes halogenated alkanes) is 2. The third-order valence-electron chi connectivity index (χ3n) is 6.35. The van der Waals surface area contributed by atoms with E-state index in [1.54, 1.807) is 6.20 Å². The Morgan fingerprint density at radius 3 is 2.85 bits per heavy atom. The van der Waals surface area contributed by atoms with Crippen molar-refractivity contribution in [2.75, 3.05) is 12.4 Å². The molecule has 0 spiro atoms. The van der Waals surface area contributed by atoms with E-state index in [2.05, 4.69) is 24.0 Å². The second-order valence-corrected chi connectivity index (χ2v) is 10.2. The molecule has 1 aliphatic rings. The Balaban J connectivity index is 1.31. The first-order chi connectivity index (χ1) is 16.6. The summed E-state index contributed by atoms with van der Waals surface area (Å²) >= 11 is 1.42. The molecule has 4 rings (SSSR count). The highest BCUT2D eigenvalue weighted by Gasteiger charge is 2.24. The maximum Gasteiger partial charge on any atom is 0.316 e. The summed E-state index contributed by atoms with van der Waals surface area (Å²) in [6.07, 6.45) is 11.8. The van der Waals surface area contributed by atoms with Crippen molar-refractivity contribution in [1.29, 1.82) is 0 Å². The van der Waals surface area contributed by atoms with E-state index in [4.69, 9.17) is 4.74 Å². The van der Waals surface area contributed by atoms with Crippen molar-refractivity contribution in [2.45, 2.75) is 76.3 Å². The molecule has 0 saturated heterocycles. The van der Waals surface area contributed by atoms with Crippen LogP contribution >= 0.6 is 11.8 Å². The summed E-state index contributed by atoms with van der Waals surface area (Å²) < 4.78 is 8.95. The van der Waals surface area contributed by atoms with Crippen LogP contribution in [0, 0.1) is 5.92 Å². The standard InChI is InChI=1S/C26H34N4O3S/c1-3-5-6-7-19(4-2)17-33-25(31)18-34-23-10-11-24-20(14-23)15-27-30(26(24)32)16-21-12-13-29(28-21)22-8-9-22/h10-15,19,22H,3-9,16-18H2,1-2H3. The predicted octanol–water partition coefficient (Wildman–Crippen LogP) is 5.22. The number of nitrogens with zero attached hydrogens (tertiary/aromatic N) is 4. The molecule has 0 N–H and O–H groups in total. The molecule has 7 nitrogen and oxygen atoms in total. The Hall–Kier alpha value is -2.61. The number of hydrogen-bond acceptors (Lipinski definition) is 6. The lowest BCUT2D eigenvalue weighted by molar-refractivity contribution is -0.141. The number of hydrogen-bond donors (Lipinski definition) is 0. The lowest BCUT2D eigenvalue weighted by Gasteiger charge is -2.14. The monoisotopic (exact) mass is 482 g/mol. The van der Waals surface area contributed by atoms with Gasteiger partial charge in [-0.05, 0) is 49.4 Å². The van der Waals surface area contributed by atoms with Crippen molar-refractivity contribution >= 4 is 28.5 Å². The van der Waals surface area contributed by atoms with Crippen LogP contribution < -0.4 is 5.56 Å². The lowest BCUT2D eigenvalue weighted by Crippen LogP contribution is -2.23. The van der Waals surface area contributed by atoms with Gasteiger partial charge in [-0.15, -0.1) is 11.8 Å². The molecule has 0 aliphatic heterocycles. The van der Waals surface area contributed by atoms with Crippen LogP contribution in [0.1, 0.15) is 70.5 Å². The number of esters is 1. The van der Waals surface area contributed by atoms with E-state index < -0.39 is 0 Å². The number of ether oxygens (including phenoxy) is 1. The molecule has 0 bridgehead atoms. The maximum atomic E-state index is 12.9. The fourth-order valence-electron chi connectivity index (χ4n) is 4.01. The highest BCUT2D eigenvalue weighted by Crippen LogP contribution is 2.33. The van der Waals surface area contributed by atoms with Crippen LogP contribution in [-0.4, -0.2) is 37.9 Å². The summed E-state index contributed by atoms with van der Waals surface area (Å²) in [5, 5.41) is 10.3. The zero-order valence-electron chi connectivity index (χ0n) is 20.1. The van der Waals surface area contributed by atoms with E-state index >= 15 is 0 Å². The largest absolute Gasteiger partial charge is 0.465 e. The quantitative estimate of drug-likeness (QED) is 0.189. The third kappa shape index (κ3) is 6.50. The van der Waals surface area contributed by atoms with Gasteiger partial charge in [0, 0.05) is 16.5 Å². The van der Waals surface area contributed by atoms with Gasteiger partial charge in [0.15, 0.2) is 0 Å². The third-order valence-corrected chi connectivity index (χ3v) is 7.32. The normalized spacial score (nSPS) is 14.4. The lowest BCUT2D eigenvalue weighted by atomic mass is 10.00. The Labute approximate surface area is 204 Å². The summed E-state index contributed by atoms with van der Waals surface area (Å²) in [6, 6.07) is 8.07. The van der Waals surface area contributed by atoms with E-state index in [0.29, 0.717) is 30.5 Å². The van der Waals surface area contributed by atoms with Crippen molar-refractivity contribution in [1.82, 2.24) is 19.6 Å². The smallest absolute Gasteiger partial charge is 0.316 e. The number of carbonyl (C=O) groups excluding carboxylic acids is 1. The fourth-order valence-corrected chi connectivity index (χ4v) is 4.75. The molecule has 0 amide bonds. The van der Waals surface area contributed by atoms with Gasteiger partial charge in [0.25, 0.3) is 5.56 Å². The number of aromatic nitrogens is 4. The van der Waals surface area contributed by atoms with Gasteiger partial charge in [-0.1, -0.05) is 39.5 Å². The molecule has 0 radical (unpaired) electrons. The first-order valence-electron chi connectivity index (χ1n) is 12.4. The number of carbonyl (C=O) groups is 1. The SMILES string of the molecule is CCCCCC(CC)COC(=O)CSc1ccc2c(=O)n(Cc3ccn(C4CC4)n3)ncc2c1. The number of benzene rings is 1. The minimum atomic E-state index is -0.196. The molecule has 1 saturated carbocycles. The summed E-state index contributed by atoms with van der Waals surface area (Å²) in [6.45, 7) is 5.20. The second-order valence-electron chi connectivity index (χ2n) is 9.12. The van der Waals surface area contributed by atoms with Crippen molar-refractivity contribution in [3.63, 3.8) is 0 Å². The van der Waals surface area contributed by atoms with Crippen molar-refractivity contribution < 1.29 is 9.53 Å². The van der Waals surface area contributed by atoms with E-state index in [1.165, 1.54) is 48.5 Å². The zero-order chi connectivity index (χ0) is 23.9. The number of fused-ring (bicyclic) bond motifs is 1. The van der Waals surface area contributed by atoms with E-state index in [1.807, 2.05) is 35.1 Å². The van der Waals surface area contributed by atoms with Gasteiger partial charge < -0.3 is 4.74 Å². The van der Waals surface area contributed by atoms with Gasteiger partial charge in [-0.3, -0.25) is 14.3 Å². The molecular formula is C26H34N4O3S. The number of thioether (sulfide) groups is 1. The molecule has 2 aromatic heterocycles. The molecule has 3 aromatic rings. The summed E-state index contributed by atoms with van der Waals surface area (Å²) in [7, 11) is 0. The first-order valence-corrected chi connectivity index (χ1v) is 13.4. The van der Waals surface area contributed by atoms with Crippen LogP contribution in [0.3, 0.4) is 0 Å². The maximum absolute atomic E-state index is 12.9. The molecular weight excluding hydrogens is 448 g/mol. The highest BCUT2D eigenvalue weighted by molar-refractivity contribution is 8.00. The summed E-state index contributed by atoms with van der Waals surface area (Å²) in [4.78, 5) is 26.1. The van der Waals surface area contributed by atoms with Crippen LogP contribution in [0.15, 0.2) is 46.3 Å². The van der Waals surface area contributed by atoms with Gasteiger partial charge in [0.1, 0.15) is 0 Å². The zero-order valence-corrected chi connectivity index (χ0v) is 20.9. The molecule has 1 aliphatic carbocycles. The average molecular weight is 483 g/mol. The summed E-state index contributed by atoms with van der Waals surface area (Å²) in [5.74, 6) is 0.500. The van der Waals surface area contributed by atoms with Gasteiger partial charge in [0.05, 0.1) is 42.2 Å². The number of rotatable bonds is 13. The molecule has 1 aromatic carbocycles. The minimum absolute atomic E-state index is 0.136. The van der Waals surface area contributed by atoms with E-state index in [9.17, 15) is 9.59 Å². The molecule has 2 heterocycles. The predicted molar refractivity (Wildman–Crippen MR) is 135 cm³/mol. The van der Waals surface area contributed by atoms with E-state index in [0.717, 1.165) is 28.8 Å². The Kier molecular flexibility index (Phi) is 8.43. The fraction of sp³-hybridized carbons (Fsp3) is 0.538. The second kappa shape index (κ2) is 11.7. The topological polar surface area (TPSA) is 79.0 Å². The Bertz CT molecular complexity index is 1170. The molecule has 8 heteroatoms. The van der Waals surface area contributed by atoms with Gasteiger partial charge in [-0.25, -0.2) is 4.68 Å². The molecule has 1 fully saturated rings. The average Bonchev–Trinajstić information content (AvgIpc) is 3.60. The van der Waals surface area contributed by atoms with Crippen molar-refractivity contribution in [3.05, 3.63) is 52.7 Å². The van der Waals surface area contributed by atoms with Crippen LogP contribution in [-0.2, 0) is 16.1 Å². The molecule has 34 heavy (non-hydrogen) atoms. The van der Waals surface area contributed by atoms with Crippen LogP contribution in [0.5, 0.6) is 0 Å². The Morgan fingerprint density at radius 2 is 2.09 bits per heavy atom. The molecule has 1 unspecified atom stereocenters. The van der Waals surface area contributed by atoms with Gasteiger partial charge in [0.2, 0.25) is 0 Å². The van der Waals surface area contributed by atoms with Crippen molar-refractivity contribution in [3.8, 4) is 0 Å². The molecule has 1 atom stereocenters. The molecule has 182 valence electrons. The van der Waals surface area contributed by atoms with Crippen LogP contribution in [0.4, 0.5) is 0 Å². The van der Waals surface area contributed by atoms with Crippen LogP contribution in [0.25, 0.3) is 10.8 Å². The van der Waals surface area contributed by atoms with E-state index in [-0.39, 0.29) is 17.3 Å². The first kappa shape index (κ1) is 24.5. The van der Waals surface area contributed by atoms with Gasteiger partial charge >= 0.3 is 5.97 Å². The van der Waals surface area contributed by atoms with Gasteiger partial charge in [-0.2, -0.15) is 10.2 Å². The van der Waals surface area contributed by atoms with Crippen molar-refractivity contribution in [2.24, 2.45) is 5.92 Å². The van der Waals surface area contributed by atoms with Crippen LogP contribution in [0.2, 0.25) is 0 Å². The Morgan fingerprint density at radius 1 is 1.24 bits per heavy atom. The minimum Gasteiger partial charge on any atom is -0.465 e. The highest BCUT2D eigenvalue weighted by atomic mass is 32.2.